The first-order valence-electron chi connectivity index (χ1n) is 29.2. The first-order valence-corrected chi connectivity index (χ1v) is 29.2. The fraction of sp³-hybridized carbons (Fsp3) is 0.732. The largest absolute Gasteiger partial charge is 0.508 e. The van der Waals surface area contributed by atoms with Crippen molar-refractivity contribution in [3.8, 4) is 5.75 Å². The van der Waals surface area contributed by atoms with Gasteiger partial charge >= 0.3 is 0 Å². The van der Waals surface area contributed by atoms with E-state index < -0.39 is 164 Å². The van der Waals surface area contributed by atoms with Crippen molar-refractivity contribution < 1.29 is 94.2 Å². The van der Waals surface area contributed by atoms with Crippen molar-refractivity contribution in [2.24, 2.45) is 23.3 Å². The Hall–Kier alpha value is -6.15. The number of unbranched alkanes of at least 4 members (excludes halogenated alkanes) is 5. The minimum absolute atomic E-state index is 0.0202. The highest BCUT2D eigenvalue weighted by Crippen LogP contribution is 2.27. The lowest BCUT2D eigenvalue weighted by Crippen LogP contribution is -2.64. The maximum atomic E-state index is 14.6. The van der Waals surface area contributed by atoms with Crippen LogP contribution in [0.2, 0.25) is 0 Å². The van der Waals surface area contributed by atoms with Gasteiger partial charge in [0, 0.05) is 65.7 Å². The molecule has 29 nitrogen and oxygen atoms in total. The van der Waals surface area contributed by atoms with Gasteiger partial charge in [-0.3, -0.25) is 48.5 Å². The van der Waals surface area contributed by atoms with E-state index in [1.54, 1.807) is 0 Å². The number of benzene rings is 1. The Balaban J connectivity index is 0.00000289. The van der Waals surface area contributed by atoms with Gasteiger partial charge < -0.3 is 98.9 Å². The zero-order chi connectivity index (χ0) is 64.2. The summed E-state index contributed by atoms with van der Waals surface area (Å²) < 4.78 is 0. The molecule has 0 spiro atoms. The topological polar surface area (TPSA) is 487 Å². The summed E-state index contributed by atoms with van der Waals surface area (Å²) in [6.45, 7) is 8.73. The number of carboxylic acids is 2. The zero-order valence-corrected chi connectivity index (χ0v) is 49.7. The van der Waals surface area contributed by atoms with Gasteiger partial charge in [-0.15, -0.1) is 0 Å². The van der Waals surface area contributed by atoms with Gasteiger partial charge in [0.1, 0.15) is 60.4 Å². The SMILES string of the molecule is CC(=O)O.CC(=O)O.CC[C@H](C)C[C@H](C)CCCCCCCCC(=O)N[C@H]1C[C@@H](O)[C@@H](NCCN)NC(=O)[C@@H]2C[C@@H](O)CN2C(=O)[C@H]([C@H](O)CCN)NC(=O)[C@H]([C@H](O)[C@@H](O)c2ccc(O)cc2)NC(=O)[C@@H]2C[C@@H](O)CN2C(=O)[C@H]([C@@H](C)O)NC1=O. The minimum atomic E-state index is -2.28. The molecule has 29 heteroatoms. The van der Waals surface area contributed by atoms with Gasteiger partial charge in [0.25, 0.3) is 11.9 Å². The number of hydrogen-bond acceptors (Lipinski definition) is 20. The smallest absolute Gasteiger partial charge is 0.300 e. The van der Waals surface area contributed by atoms with Gasteiger partial charge in [-0.2, -0.15) is 0 Å². The second kappa shape index (κ2) is 38.1. The van der Waals surface area contributed by atoms with Gasteiger partial charge in [0.05, 0.1) is 30.5 Å². The van der Waals surface area contributed by atoms with E-state index in [4.69, 9.17) is 31.3 Å². The van der Waals surface area contributed by atoms with E-state index in [1.807, 2.05) is 0 Å². The maximum Gasteiger partial charge on any atom is 0.300 e. The Kier molecular flexibility index (Phi) is 33.6. The number of carbonyl (C=O) groups is 9. The highest BCUT2D eigenvalue weighted by molar-refractivity contribution is 5.98. The van der Waals surface area contributed by atoms with Crippen LogP contribution in [-0.2, 0) is 43.2 Å². The van der Waals surface area contributed by atoms with Crippen LogP contribution < -0.4 is 43.4 Å². The average Bonchev–Trinajstić information content (AvgIpc) is 3.94. The van der Waals surface area contributed by atoms with Crippen molar-refractivity contribution in [2.75, 3.05) is 32.7 Å². The third-order valence-electron chi connectivity index (χ3n) is 14.8. The van der Waals surface area contributed by atoms with E-state index in [9.17, 15) is 74.4 Å². The fourth-order valence-electron chi connectivity index (χ4n) is 10.2. The van der Waals surface area contributed by atoms with Crippen molar-refractivity contribution in [1.82, 2.24) is 41.7 Å². The van der Waals surface area contributed by atoms with Crippen LogP contribution in [0.1, 0.15) is 143 Å². The maximum absolute atomic E-state index is 14.6. The lowest BCUT2D eigenvalue weighted by Gasteiger charge is -2.34. The van der Waals surface area contributed by atoms with Crippen molar-refractivity contribution in [1.29, 1.82) is 0 Å². The molecule has 3 heterocycles. The molecular weight excluding hydrogens is 1120 g/mol. The van der Waals surface area contributed by atoms with Crippen LogP contribution in [0.15, 0.2) is 24.3 Å². The number of aromatic hydroxyl groups is 1. The highest BCUT2D eigenvalue weighted by atomic mass is 16.4. The predicted octanol–water partition coefficient (Wildman–Crippen LogP) is -3.13. The summed E-state index contributed by atoms with van der Waals surface area (Å²) in [5.41, 5.74) is 11.5. The number of nitrogens with zero attached hydrogens (tertiary/aromatic N) is 2. The highest BCUT2D eigenvalue weighted by Gasteiger charge is 2.48. The van der Waals surface area contributed by atoms with E-state index in [0.717, 1.165) is 69.1 Å². The van der Waals surface area contributed by atoms with E-state index in [1.165, 1.54) is 30.7 Å². The van der Waals surface area contributed by atoms with Crippen molar-refractivity contribution in [3.05, 3.63) is 29.8 Å². The van der Waals surface area contributed by atoms with E-state index in [-0.39, 0.29) is 50.2 Å². The summed E-state index contributed by atoms with van der Waals surface area (Å²) in [6.07, 6.45) is -6.83. The number of aliphatic carboxylic acids is 2. The lowest BCUT2D eigenvalue weighted by molar-refractivity contribution is -0.147. The molecule has 7 amide bonds. The van der Waals surface area contributed by atoms with Crippen LogP contribution >= 0.6 is 0 Å². The Bertz CT molecular complexity index is 2270. The first-order chi connectivity index (χ1) is 40.0. The average molecular weight is 1210 g/mol. The van der Waals surface area contributed by atoms with Gasteiger partial charge in [-0.25, -0.2) is 0 Å². The lowest BCUT2D eigenvalue weighted by atomic mass is 9.91. The number of rotatable bonds is 23. The number of carbonyl (C=O) groups excluding carboxylic acids is 7. The van der Waals surface area contributed by atoms with Gasteiger partial charge in [-0.1, -0.05) is 77.8 Å². The second-order valence-electron chi connectivity index (χ2n) is 22.4. The monoisotopic (exact) mass is 1210 g/mol. The fourth-order valence-corrected chi connectivity index (χ4v) is 10.2. The number of aliphatic hydroxyl groups is 7. The number of phenols is 1. The molecular formula is C56H96N10O19. The summed E-state index contributed by atoms with van der Waals surface area (Å²) in [7, 11) is 0. The van der Waals surface area contributed by atoms with Gasteiger partial charge in [-0.05, 0) is 62.3 Å². The molecule has 0 aliphatic carbocycles. The quantitative estimate of drug-likeness (QED) is 0.0482. The first kappa shape index (κ1) is 74.9. The number of hydrogen-bond donors (Lipinski definition) is 18. The number of aliphatic hydroxyl groups excluding tert-OH is 7. The van der Waals surface area contributed by atoms with Crippen molar-refractivity contribution in [3.63, 3.8) is 0 Å². The molecule has 16 atom stereocenters. The molecule has 3 fully saturated rings. The van der Waals surface area contributed by atoms with E-state index in [2.05, 4.69) is 52.7 Å². The molecule has 85 heavy (non-hydrogen) atoms. The second-order valence-corrected chi connectivity index (χ2v) is 22.4. The third-order valence-corrected chi connectivity index (χ3v) is 14.8. The van der Waals surface area contributed by atoms with Gasteiger partial charge in [0.15, 0.2) is 0 Å². The standard InChI is InChI=1S/C52H88N10O15.2C2H4O2/c1-5-28(2)22-29(3)12-10-8-6-7-9-11-13-40(69)56-35-25-39(68)46(55-21-20-54)60-49(74)37-24-34(66)27-62(37)52(77)42(38(67)18-19-53)58-50(75)43(45(71)44(70)31-14-16-32(64)17-15-31)59-48(73)36-23-33(65)26-61(36)51(76)41(30(4)63)57-47(35)72;2*1-2(3)4/h14-17,28-30,33-39,41-46,55,63-68,70-71H,5-13,18-27,53-54H2,1-4H3,(H,56,69)(H,57,72)(H,58,75)(H,59,73)(H,60,74);2*1H3,(H,3,4)/t28-,29+,30+,33+,34+,35-,36-,37-,38+,39+,41-,42-,43-,44-,45-,46-;;/m0../s1. The molecule has 1 aromatic rings. The van der Waals surface area contributed by atoms with Crippen molar-refractivity contribution >= 4 is 53.3 Å². The summed E-state index contributed by atoms with van der Waals surface area (Å²) >= 11 is 0. The number of amides is 7. The number of phenolic OH excluding ortho intramolecular Hbond substituents is 1. The number of nitrogens with two attached hydrogens (primary N) is 2. The van der Waals surface area contributed by atoms with Gasteiger partial charge in [0.2, 0.25) is 41.4 Å². The normalized spacial score (nSPS) is 26.5. The van der Waals surface area contributed by atoms with Crippen LogP contribution in [0.25, 0.3) is 0 Å². The molecule has 0 saturated carbocycles. The summed E-state index contributed by atoms with van der Waals surface area (Å²) in [5, 5.41) is 119. The van der Waals surface area contributed by atoms with E-state index in [0.29, 0.717) is 24.7 Å². The van der Waals surface area contributed by atoms with Crippen LogP contribution in [-0.4, -0.2) is 226 Å². The Morgan fingerprint density at radius 1 is 0.647 bits per heavy atom. The minimum Gasteiger partial charge on any atom is -0.508 e. The van der Waals surface area contributed by atoms with Crippen LogP contribution in [0.5, 0.6) is 5.75 Å². The molecule has 0 aromatic heterocycles. The number of fused-ring (bicyclic) bond motifs is 2. The summed E-state index contributed by atoms with van der Waals surface area (Å²) in [6, 6.07) is -6.18. The van der Waals surface area contributed by atoms with Crippen LogP contribution in [0.3, 0.4) is 0 Å². The summed E-state index contributed by atoms with van der Waals surface area (Å²) in [5.74, 6) is -7.99. The number of carboxylic acid groups (broad SMARTS) is 2. The molecule has 0 bridgehead atoms. The van der Waals surface area contributed by atoms with Crippen molar-refractivity contribution in [2.45, 2.75) is 217 Å². The number of nitrogens with one attached hydrogen (secondary N) is 6. The molecule has 3 saturated heterocycles. The molecule has 484 valence electrons. The zero-order valence-electron chi connectivity index (χ0n) is 49.7. The molecule has 4 rings (SSSR count). The molecule has 20 N–H and O–H groups in total. The van der Waals surface area contributed by atoms with Crippen LogP contribution in [0.4, 0.5) is 0 Å². The third kappa shape index (κ3) is 25.8. The summed E-state index contributed by atoms with van der Waals surface area (Å²) in [4.78, 5) is 120. The Morgan fingerprint density at radius 2 is 1.14 bits per heavy atom. The molecule has 0 radical (unpaired) electrons. The van der Waals surface area contributed by atoms with Crippen LogP contribution in [0, 0.1) is 11.8 Å². The Morgan fingerprint density at radius 3 is 1.66 bits per heavy atom. The molecule has 3 aliphatic heterocycles. The Labute approximate surface area is 496 Å². The predicted molar refractivity (Wildman–Crippen MR) is 307 cm³/mol. The molecule has 1 aromatic carbocycles. The molecule has 0 unspecified atom stereocenters. The molecule has 3 aliphatic rings. The van der Waals surface area contributed by atoms with E-state index >= 15 is 0 Å².